The number of hydrogen-bond acceptors (Lipinski definition) is 3. The Morgan fingerprint density at radius 1 is 0.960 bits per heavy atom. The van der Waals surface area contributed by atoms with Gasteiger partial charge in [-0.05, 0) is 24.5 Å². The maximum absolute atomic E-state index is 12.5. The highest BCUT2D eigenvalue weighted by atomic mass is 16.6. The number of carbonyl (C=O) groups is 2. The quantitative estimate of drug-likeness (QED) is 0.726. The fourth-order valence-electron chi connectivity index (χ4n) is 2.49. The molecule has 0 aromatic heterocycles. The van der Waals surface area contributed by atoms with Gasteiger partial charge in [0.15, 0.2) is 0 Å². The first-order valence-corrected chi connectivity index (χ1v) is 8.42. The first-order chi connectivity index (χ1) is 12.1. The van der Waals surface area contributed by atoms with Gasteiger partial charge in [-0.25, -0.2) is 5.48 Å². The summed E-state index contributed by atoms with van der Waals surface area (Å²) >= 11 is 0. The van der Waals surface area contributed by atoms with E-state index in [1.165, 1.54) is 0 Å². The van der Waals surface area contributed by atoms with Gasteiger partial charge in [0.25, 0.3) is 5.91 Å². The SMILES string of the molecule is CC[C@H](C(=O)N[C@H](C)C(=O)NOCc1ccccc1)c1ccccc1. The Morgan fingerprint density at radius 3 is 2.16 bits per heavy atom. The van der Waals surface area contributed by atoms with Gasteiger partial charge in [0.2, 0.25) is 5.91 Å². The molecular formula is C20H24N2O3. The van der Waals surface area contributed by atoms with Crippen molar-refractivity contribution < 1.29 is 14.4 Å². The lowest BCUT2D eigenvalue weighted by Crippen LogP contribution is -2.46. The fraction of sp³-hybridized carbons (Fsp3) is 0.300. The van der Waals surface area contributed by atoms with E-state index in [0.29, 0.717) is 6.42 Å². The van der Waals surface area contributed by atoms with Gasteiger partial charge in [-0.3, -0.25) is 14.4 Å². The molecule has 0 saturated heterocycles. The highest BCUT2D eigenvalue weighted by Gasteiger charge is 2.22. The minimum absolute atomic E-state index is 0.167. The Hall–Kier alpha value is -2.66. The molecule has 0 aliphatic carbocycles. The molecule has 5 heteroatoms. The summed E-state index contributed by atoms with van der Waals surface area (Å²) in [5, 5.41) is 2.75. The first kappa shape index (κ1) is 18.7. The highest BCUT2D eigenvalue weighted by Crippen LogP contribution is 2.19. The molecule has 0 radical (unpaired) electrons. The summed E-state index contributed by atoms with van der Waals surface area (Å²) in [7, 11) is 0. The second kappa shape index (κ2) is 9.59. The van der Waals surface area contributed by atoms with Gasteiger partial charge in [-0.15, -0.1) is 0 Å². The van der Waals surface area contributed by atoms with Crippen LogP contribution in [0.2, 0.25) is 0 Å². The van der Waals surface area contributed by atoms with Crippen LogP contribution in [0.1, 0.15) is 37.3 Å². The van der Waals surface area contributed by atoms with Crippen molar-refractivity contribution in [2.45, 2.75) is 38.8 Å². The molecule has 5 nitrogen and oxygen atoms in total. The monoisotopic (exact) mass is 340 g/mol. The summed E-state index contributed by atoms with van der Waals surface area (Å²) < 4.78 is 0. The molecule has 0 heterocycles. The van der Waals surface area contributed by atoms with E-state index in [9.17, 15) is 9.59 Å². The number of benzene rings is 2. The van der Waals surface area contributed by atoms with Crippen molar-refractivity contribution in [2.75, 3.05) is 0 Å². The third-order valence-corrected chi connectivity index (χ3v) is 3.93. The van der Waals surface area contributed by atoms with Crippen LogP contribution < -0.4 is 10.8 Å². The van der Waals surface area contributed by atoms with E-state index in [4.69, 9.17) is 4.84 Å². The zero-order valence-corrected chi connectivity index (χ0v) is 14.6. The number of rotatable bonds is 8. The third-order valence-electron chi connectivity index (χ3n) is 3.93. The number of amides is 2. The van der Waals surface area contributed by atoms with E-state index < -0.39 is 6.04 Å². The van der Waals surface area contributed by atoms with Crippen molar-refractivity contribution >= 4 is 11.8 Å². The van der Waals surface area contributed by atoms with Crippen LogP contribution in [0.3, 0.4) is 0 Å². The second-order valence-electron chi connectivity index (χ2n) is 5.84. The van der Waals surface area contributed by atoms with Crippen LogP contribution in [0, 0.1) is 0 Å². The molecule has 0 aliphatic rings. The van der Waals surface area contributed by atoms with Crippen molar-refractivity contribution in [3.8, 4) is 0 Å². The molecule has 0 saturated carbocycles. The Kier molecular flexibility index (Phi) is 7.16. The van der Waals surface area contributed by atoms with Gasteiger partial charge in [0.05, 0.1) is 12.5 Å². The third kappa shape index (κ3) is 5.72. The van der Waals surface area contributed by atoms with E-state index >= 15 is 0 Å². The highest BCUT2D eigenvalue weighted by molar-refractivity contribution is 5.89. The van der Waals surface area contributed by atoms with Crippen molar-refractivity contribution in [3.05, 3.63) is 71.8 Å². The van der Waals surface area contributed by atoms with Crippen LogP contribution in [0.4, 0.5) is 0 Å². The molecule has 0 bridgehead atoms. The molecule has 2 N–H and O–H groups in total. The molecule has 2 aromatic rings. The maximum atomic E-state index is 12.5. The van der Waals surface area contributed by atoms with Gasteiger partial charge >= 0.3 is 0 Å². The van der Waals surface area contributed by atoms with Crippen LogP contribution in [-0.4, -0.2) is 17.9 Å². The Bertz CT molecular complexity index is 674. The van der Waals surface area contributed by atoms with Crippen molar-refractivity contribution in [1.82, 2.24) is 10.8 Å². The topological polar surface area (TPSA) is 67.4 Å². The van der Waals surface area contributed by atoms with Crippen LogP contribution in [0.5, 0.6) is 0 Å². The van der Waals surface area contributed by atoms with Gasteiger partial charge in [-0.2, -0.15) is 0 Å². The number of hydrogen-bond donors (Lipinski definition) is 2. The Labute approximate surface area is 148 Å². The van der Waals surface area contributed by atoms with Gasteiger partial charge < -0.3 is 5.32 Å². The zero-order chi connectivity index (χ0) is 18.1. The summed E-state index contributed by atoms with van der Waals surface area (Å²) in [5.74, 6) is -0.826. The predicted octanol–water partition coefficient (Wildman–Crippen LogP) is 2.93. The molecule has 25 heavy (non-hydrogen) atoms. The minimum Gasteiger partial charge on any atom is -0.344 e. The lowest BCUT2D eigenvalue weighted by Gasteiger charge is -2.19. The normalized spacial score (nSPS) is 12.9. The summed E-state index contributed by atoms with van der Waals surface area (Å²) in [4.78, 5) is 29.7. The fourth-order valence-corrected chi connectivity index (χ4v) is 2.49. The number of carbonyl (C=O) groups excluding carboxylic acids is 2. The van der Waals surface area contributed by atoms with Crippen molar-refractivity contribution in [3.63, 3.8) is 0 Å². The zero-order valence-electron chi connectivity index (χ0n) is 14.6. The lowest BCUT2D eigenvalue weighted by atomic mass is 9.95. The van der Waals surface area contributed by atoms with E-state index in [-0.39, 0.29) is 24.3 Å². The van der Waals surface area contributed by atoms with Crippen LogP contribution in [-0.2, 0) is 21.0 Å². The molecular weight excluding hydrogens is 316 g/mol. The van der Waals surface area contributed by atoms with E-state index in [1.807, 2.05) is 67.6 Å². The maximum Gasteiger partial charge on any atom is 0.265 e. The lowest BCUT2D eigenvalue weighted by molar-refractivity contribution is -0.139. The van der Waals surface area contributed by atoms with Gasteiger partial charge in [0, 0.05) is 0 Å². The molecule has 0 spiro atoms. The molecule has 132 valence electrons. The Morgan fingerprint density at radius 2 is 1.56 bits per heavy atom. The van der Waals surface area contributed by atoms with E-state index in [2.05, 4.69) is 10.8 Å². The van der Waals surface area contributed by atoms with Crippen LogP contribution in [0.25, 0.3) is 0 Å². The molecule has 0 aliphatic heterocycles. The number of nitrogens with one attached hydrogen (secondary N) is 2. The average Bonchev–Trinajstić information content (AvgIpc) is 2.64. The number of hydroxylamine groups is 1. The van der Waals surface area contributed by atoms with Gasteiger partial charge in [-0.1, -0.05) is 67.6 Å². The van der Waals surface area contributed by atoms with E-state index in [1.54, 1.807) is 6.92 Å². The predicted molar refractivity (Wildman–Crippen MR) is 96.5 cm³/mol. The smallest absolute Gasteiger partial charge is 0.265 e. The molecule has 2 amide bonds. The Balaban J connectivity index is 1.82. The van der Waals surface area contributed by atoms with E-state index in [0.717, 1.165) is 11.1 Å². The second-order valence-corrected chi connectivity index (χ2v) is 5.84. The summed E-state index contributed by atoms with van der Waals surface area (Å²) in [6.07, 6.45) is 0.661. The molecule has 2 atom stereocenters. The molecule has 0 unspecified atom stereocenters. The van der Waals surface area contributed by atoms with Crippen LogP contribution in [0.15, 0.2) is 60.7 Å². The molecule has 2 rings (SSSR count). The molecule has 2 aromatic carbocycles. The van der Waals surface area contributed by atoms with Crippen molar-refractivity contribution in [1.29, 1.82) is 0 Å². The average molecular weight is 340 g/mol. The summed E-state index contributed by atoms with van der Waals surface area (Å²) in [5.41, 5.74) is 4.27. The summed E-state index contributed by atoms with van der Waals surface area (Å²) in [6.45, 7) is 3.86. The first-order valence-electron chi connectivity index (χ1n) is 8.42. The van der Waals surface area contributed by atoms with Crippen LogP contribution >= 0.6 is 0 Å². The molecule has 0 fully saturated rings. The largest absolute Gasteiger partial charge is 0.344 e. The standard InChI is InChI=1S/C20H24N2O3/c1-3-18(17-12-8-5-9-13-17)20(24)21-15(2)19(23)22-25-14-16-10-6-4-7-11-16/h4-13,15,18H,3,14H2,1-2H3,(H,21,24)(H,22,23)/t15-,18+/m1/s1. The minimum atomic E-state index is -0.680. The van der Waals surface area contributed by atoms with Crippen molar-refractivity contribution in [2.24, 2.45) is 0 Å². The summed E-state index contributed by atoms with van der Waals surface area (Å²) in [6, 6.07) is 18.4. The van der Waals surface area contributed by atoms with Gasteiger partial charge in [0.1, 0.15) is 6.04 Å².